The molecule has 0 amide bonds. The molecule has 0 spiro atoms. The molecule has 0 saturated carbocycles. The first-order valence-corrected chi connectivity index (χ1v) is 7.22. The highest BCUT2D eigenvalue weighted by Gasteiger charge is 2.05. The fourth-order valence-corrected chi connectivity index (χ4v) is 2.75. The lowest BCUT2D eigenvalue weighted by Crippen LogP contribution is -2.08. The third kappa shape index (κ3) is 4.29. The number of methoxy groups -OCH3 is 1. The van der Waals surface area contributed by atoms with Crippen LogP contribution in [0.1, 0.15) is 22.0 Å². The van der Waals surface area contributed by atoms with Crippen molar-refractivity contribution in [2.75, 3.05) is 20.7 Å². The molecule has 1 N–H and O–H groups in total. The molecule has 2 aromatic rings. The lowest BCUT2D eigenvalue weighted by molar-refractivity contribution is 0.414. The number of rotatable bonds is 7. The predicted molar refractivity (Wildman–Crippen MR) is 78.0 cm³/mol. The molecular weight excluding hydrogens is 258 g/mol. The Hall–Kier alpha value is -1.46. The summed E-state index contributed by atoms with van der Waals surface area (Å²) >= 11 is 1.70. The van der Waals surface area contributed by atoms with E-state index in [4.69, 9.17) is 4.74 Å². The molecule has 102 valence electrons. The molecular formula is C14H19N3OS. The van der Waals surface area contributed by atoms with Gasteiger partial charge in [0.25, 0.3) is 0 Å². The fourth-order valence-electron chi connectivity index (χ4n) is 1.83. The largest absolute Gasteiger partial charge is 0.497 e. The molecule has 0 fully saturated rings. The predicted octanol–water partition coefficient (Wildman–Crippen LogP) is 2.29. The standard InChI is InChI=1S/C14H19N3OS/c1-15-8-4-7-13-16-17-14(19-13)10-11-5-3-6-12(9-11)18-2/h3,5-6,9,15H,4,7-8,10H2,1-2H3. The summed E-state index contributed by atoms with van der Waals surface area (Å²) < 4.78 is 5.22. The first kappa shape index (κ1) is 14.0. The van der Waals surface area contributed by atoms with Crippen molar-refractivity contribution in [3.8, 4) is 5.75 Å². The first-order valence-electron chi connectivity index (χ1n) is 6.40. The Morgan fingerprint density at radius 1 is 1.26 bits per heavy atom. The van der Waals surface area contributed by atoms with Crippen LogP contribution in [0.25, 0.3) is 0 Å². The van der Waals surface area contributed by atoms with Crippen molar-refractivity contribution in [3.63, 3.8) is 0 Å². The molecule has 2 rings (SSSR count). The third-order valence-corrected chi connectivity index (χ3v) is 3.80. The van der Waals surface area contributed by atoms with Gasteiger partial charge in [-0.15, -0.1) is 21.5 Å². The van der Waals surface area contributed by atoms with Gasteiger partial charge in [-0.2, -0.15) is 0 Å². The number of aromatic nitrogens is 2. The van der Waals surface area contributed by atoms with Gasteiger partial charge < -0.3 is 10.1 Å². The summed E-state index contributed by atoms with van der Waals surface area (Å²) in [6.07, 6.45) is 2.92. The number of nitrogens with zero attached hydrogens (tertiary/aromatic N) is 2. The summed E-state index contributed by atoms with van der Waals surface area (Å²) in [6.45, 7) is 1.02. The van der Waals surface area contributed by atoms with Crippen molar-refractivity contribution in [1.29, 1.82) is 0 Å². The Morgan fingerprint density at radius 2 is 2.11 bits per heavy atom. The van der Waals surface area contributed by atoms with Crippen molar-refractivity contribution in [1.82, 2.24) is 15.5 Å². The molecule has 1 heterocycles. The van der Waals surface area contributed by atoms with E-state index in [1.165, 1.54) is 5.56 Å². The van der Waals surface area contributed by atoms with E-state index >= 15 is 0 Å². The Bertz CT molecular complexity index is 513. The molecule has 5 heteroatoms. The second-order valence-electron chi connectivity index (χ2n) is 4.32. The molecule has 0 atom stereocenters. The van der Waals surface area contributed by atoms with Crippen LogP contribution in [0.2, 0.25) is 0 Å². The van der Waals surface area contributed by atoms with Crippen LogP contribution in [0.4, 0.5) is 0 Å². The zero-order valence-corrected chi connectivity index (χ0v) is 12.2. The Kier molecular flexibility index (Phi) is 5.30. The number of ether oxygens (including phenoxy) is 1. The molecule has 0 aliphatic heterocycles. The van der Waals surface area contributed by atoms with Gasteiger partial charge in [-0.3, -0.25) is 0 Å². The van der Waals surface area contributed by atoms with E-state index in [9.17, 15) is 0 Å². The minimum Gasteiger partial charge on any atom is -0.497 e. The van der Waals surface area contributed by atoms with Crippen LogP contribution in [-0.4, -0.2) is 30.9 Å². The van der Waals surface area contributed by atoms with Crippen LogP contribution in [0.15, 0.2) is 24.3 Å². The lowest BCUT2D eigenvalue weighted by Gasteiger charge is -2.01. The Labute approximate surface area is 117 Å². The lowest BCUT2D eigenvalue weighted by atomic mass is 10.1. The van der Waals surface area contributed by atoms with E-state index in [0.717, 1.165) is 41.6 Å². The van der Waals surface area contributed by atoms with Crippen LogP contribution in [-0.2, 0) is 12.8 Å². The average molecular weight is 277 g/mol. The van der Waals surface area contributed by atoms with Crippen LogP contribution in [0.5, 0.6) is 5.75 Å². The van der Waals surface area contributed by atoms with Crippen molar-refractivity contribution in [2.45, 2.75) is 19.3 Å². The molecule has 1 aromatic heterocycles. The molecule has 0 radical (unpaired) electrons. The minimum absolute atomic E-state index is 0.820. The summed E-state index contributed by atoms with van der Waals surface area (Å²) in [6, 6.07) is 8.09. The van der Waals surface area contributed by atoms with Gasteiger partial charge >= 0.3 is 0 Å². The van der Waals surface area contributed by atoms with Gasteiger partial charge in [-0.1, -0.05) is 12.1 Å². The Balaban J connectivity index is 1.95. The molecule has 1 aromatic carbocycles. The van der Waals surface area contributed by atoms with Gasteiger partial charge in [0.15, 0.2) is 0 Å². The highest BCUT2D eigenvalue weighted by Crippen LogP contribution is 2.19. The SMILES string of the molecule is CNCCCc1nnc(Cc2cccc(OC)c2)s1. The summed E-state index contributed by atoms with van der Waals surface area (Å²) in [7, 11) is 3.65. The molecule has 19 heavy (non-hydrogen) atoms. The monoisotopic (exact) mass is 277 g/mol. The average Bonchev–Trinajstić information content (AvgIpc) is 2.87. The van der Waals surface area contributed by atoms with Crippen molar-refractivity contribution >= 4 is 11.3 Å². The van der Waals surface area contributed by atoms with Crippen LogP contribution >= 0.6 is 11.3 Å². The second kappa shape index (κ2) is 7.21. The summed E-state index contributed by atoms with van der Waals surface area (Å²) in [5, 5.41) is 13.8. The van der Waals surface area contributed by atoms with Crippen molar-refractivity contribution < 1.29 is 4.74 Å². The summed E-state index contributed by atoms with van der Waals surface area (Å²) in [5.74, 6) is 0.885. The minimum atomic E-state index is 0.820. The van der Waals surface area contributed by atoms with Gasteiger partial charge in [-0.25, -0.2) is 0 Å². The van der Waals surface area contributed by atoms with E-state index in [-0.39, 0.29) is 0 Å². The maximum Gasteiger partial charge on any atom is 0.121 e. The number of hydrogen-bond donors (Lipinski definition) is 1. The van der Waals surface area contributed by atoms with Gasteiger partial charge in [0.1, 0.15) is 15.8 Å². The maximum absolute atomic E-state index is 5.22. The normalized spacial score (nSPS) is 10.6. The maximum atomic E-state index is 5.22. The fraction of sp³-hybridized carbons (Fsp3) is 0.429. The van der Waals surface area contributed by atoms with E-state index in [1.807, 2.05) is 25.2 Å². The van der Waals surface area contributed by atoms with Gasteiger partial charge in [0.05, 0.1) is 7.11 Å². The molecule has 0 aliphatic rings. The number of aryl methyl sites for hydroxylation is 1. The zero-order valence-electron chi connectivity index (χ0n) is 11.3. The van der Waals surface area contributed by atoms with Crippen LogP contribution in [0, 0.1) is 0 Å². The second-order valence-corrected chi connectivity index (χ2v) is 5.47. The number of benzene rings is 1. The topological polar surface area (TPSA) is 47.0 Å². The van der Waals surface area contributed by atoms with E-state index in [1.54, 1.807) is 18.4 Å². The summed E-state index contributed by atoms with van der Waals surface area (Å²) in [4.78, 5) is 0. The molecule has 4 nitrogen and oxygen atoms in total. The highest BCUT2D eigenvalue weighted by molar-refractivity contribution is 7.11. The highest BCUT2D eigenvalue weighted by atomic mass is 32.1. The van der Waals surface area contributed by atoms with Crippen LogP contribution in [0.3, 0.4) is 0 Å². The number of nitrogens with one attached hydrogen (secondary N) is 1. The van der Waals surface area contributed by atoms with Crippen molar-refractivity contribution in [3.05, 3.63) is 39.8 Å². The van der Waals surface area contributed by atoms with E-state index in [0.29, 0.717) is 0 Å². The Morgan fingerprint density at radius 3 is 2.89 bits per heavy atom. The van der Waals surface area contributed by atoms with Gasteiger partial charge in [0.2, 0.25) is 0 Å². The molecule has 0 unspecified atom stereocenters. The van der Waals surface area contributed by atoms with Gasteiger partial charge in [-0.05, 0) is 37.7 Å². The first-order chi connectivity index (χ1) is 9.31. The van der Waals surface area contributed by atoms with Gasteiger partial charge in [0, 0.05) is 12.8 Å². The number of hydrogen-bond acceptors (Lipinski definition) is 5. The zero-order chi connectivity index (χ0) is 13.5. The molecule has 0 aliphatic carbocycles. The molecule has 0 saturated heterocycles. The van der Waals surface area contributed by atoms with Crippen LogP contribution < -0.4 is 10.1 Å². The summed E-state index contributed by atoms with van der Waals surface area (Å²) in [5.41, 5.74) is 1.21. The molecule has 0 bridgehead atoms. The van der Waals surface area contributed by atoms with E-state index < -0.39 is 0 Å². The third-order valence-electron chi connectivity index (χ3n) is 2.82. The quantitative estimate of drug-likeness (QED) is 0.789. The van der Waals surface area contributed by atoms with E-state index in [2.05, 4.69) is 21.6 Å². The van der Waals surface area contributed by atoms with Crippen molar-refractivity contribution in [2.24, 2.45) is 0 Å². The smallest absolute Gasteiger partial charge is 0.121 e.